The Morgan fingerprint density at radius 2 is 1.81 bits per heavy atom. The van der Waals surface area contributed by atoms with E-state index in [1.807, 2.05) is 0 Å². The van der Waals surface area contributed by atoms with Crippen LogP contribution in [0.25, 0.3) is 0 Å². The van der Waals surface area contributed by atoms with Crippen LogP contribution in [0, 0.1) is 0 Å². The van der Waals surface area contributed by atoms with Gasteiger partial charge in [-0.15, -0.1) is 0 Å². The van der Waals surface area contributed by atoms with E-state index in [1.54, 1.807) is 6.92 Å². The normalized spacial score (nSPS) is 42.2. The molecule has 0 aromatic heterocycles. The first kappa shape index (κ1) is 12.3. The maximum Gasteiger partial charge on any atom is 0.161 e. The van der Waals surface area contributed by atoms with Gasteiger partial charge in [-0.3, -0.25) is 0 Å². The number of ether oxygens (including phenoxy) is 2. The van der Waals surface area contributed by atoms with Crippen molar-refractivity contribution < 1.29 is 19.7 Å². The molecule has 94 valence electrons. The molecular formula is C12H22O4. The van der Waals surface area contributed by atoms with Gasteiger partial charge in [0.2, 0.25) is 0 Å². The van der Waals surface area contributed by atoms with Gasteiger partial charge in [-0.25, -0.2) is 0 Å². The van der Waals surface area contributed by atoms with E-state index in [2.05, 4.69) is 0 Å². The molecule has 0 aromatic carbocycles. The lowest BCUT2D eigenvalue weighted by Gasteiger charge is -2.37. The van der Waals surface area contributed by atoms with E-state index in [-0.39, 0.29) is 18.5 Å². The minimum Gasteiger partial charge on any atom is -0.390 e. The van der Waals surface area contributed by atoms with E-state index in [0.29, 0.717) is 6.42 Å². The van der Waals surface area contributed by atoms with Crippen molar-refractivity contribution >= 4 is 0 Å². The molecule has 0 bridgehead atoms. The van der Waals surface area contributed by atoms with Crippen LogP contribution in [0.2, 0.25) is 0 Å². The Kier molecular flexibility index (Phi) is 4.19. The largest absolute Gasteiger partial charge is 0.390 e. The maximum absolute atomic E-state index is 9.64. The molecule has 4 heteroatoms. The standard InChI is InChI=1S/C12H22O4/c1-8-12(14)10(13)7-11(15-8)16-9-5-3-2-4-6-9/h8-14H,2-7H2,1H3/t8-,10+,11+,12-/m1/s1. The summed E-state index contributed by atoms with van der Waals surface area (Å²) in [5.41, 5.74) is 0. The maximum atomic E-state index is 9.64. The highest BCUT2D eigenvalue weighted by Gasteiger charge is 2.35. The number of hydrogen-bond acceptors (Lipinski definition) is 4. The Morgan fingerprint density at radius 3 is 2.44 bits per heavy atom. The van der Waals surface area contributed by atoms with Crippen LogP contribution in [0.15, 0.2) is 0 Å². The average molecular weight is 230 g/mol. The van der Waals surface area contributed by atoms with Gasteiger partial charge in [0.15, 0.2) is 6.29 Å². The van der Waals surface area contributed by atoms with Gasteiger partial charge in [-0.2, -0.15) is 0 Å². The highest BCUT2D eigenvalue weighted by molar-refractivity contribution is 4.80. The molecule has 1 saturated heterocycles. The second-order valence-electron chi connectivity index (χ2n) is 4.96. The molecule has 4 atom stereocenters. The molecule has 0 unspecified atom stereocenters. The predicted octanol–water partition coefficient (Wildman–Crippen LogP) is 1.19. The van der Waals surface area contributed by atoms with E-state index in [1.165, 1.54) is 19.3 Å². The van der Waals surface area contributed by atoms with E-state index >= 15 is 0 Å². The van der Waals surface area contributed by atoms with E-state index in [0.717, 1.165) is 12.8 Å². The second-order valence-corrected chi connectivity index (χ2v) is 4.96. The summed E-state index contributed by atoms with van der Waals surface area (Å²) in [6.07, 6.45) is 4.35. The van der Waals surface area contributed by atoms with Gasteiger partial charge >= 0.3 is 0 Å². The molecule has 0 radical (unpaired) electrons. The van der Waals surface area contributed by atoms with Gasteiger partial charge < -0.3 is 19.7 Å². The molecule has 4 nitrogen and oxygen atoms in total. The summed E-state index contributed by atoms with van der Waals surface area (Å²) in [5.74, 6) is 0. The number of hydrogen-bond donors (Lipinski definition) is 2. The monoisotopic (exact) mass is 230 g/mol. The molecule has 16 heavy (non-hydrogen) atoms. The summed E-state index contributed by atoms with van der Waals surface area (Å²) in [6.45, 7) is 1.77. The Bertz CT molecular complexity index is 203. The number of aliphatic hydroxyl groups excluding tert-OH is 2. The van der Waals surface area contributed by atoms with Gasteiger partial charge in [-0.1, -0.05) is 19.3 Å². The summed E-state index contributed by atoms with van der Waals surface area (Å²) in [4.78, 5) is 0. The van der Waals surface area contributed by atoms with E-state index in [4.69, 9.17) is 9.47 Å². The van der Waals surface area contributed by atoms with Crippen molar-refractivity contribution in [2.24, 2.45) is 0 Å². The molecule has 2 N–H and O–H groups in total. The van der Waals surface area contributed by atoms with Crippen LogP contribution in [0.3, 0.4) is 0 Å². The van der Waals surface area contributed by atoms with Crippen molar-refractivity contribution in [3.8, 4) is 0 Å². The molecule has 2 rings (SSSR count). The first-order valence-corrected chi connectivity index (χ1v) is 6.34. The molecule has 2 aliphatic rings. The SMILES string of the molecule is C[C@H]1O[C@@H](OC2CCCCC2)C[C@H](O)[C@@H]1O. The number of rotatable bonds is 2. The molecule has 1 aliphatic carbocycles. The highest BCUT2D eigenvalue weighted by Crippen LogP contribution is 2.26. The zero-order valence-electron chi connectivity index (χ0n) is 9.84. The van der Waals surface area contributed by atoms with Crippen molar-refractivity contribution in [1.29, 1.82) is 0 Å². The van der Waals surface area contributed by atoms with Crippen LogP contribution in [-0.4, -0.2) is 40.9 Å². The van der Waals surface area contributed by atoms with Gasteiger partial charge in [0.25, 0.3) is 0 Å². The third-order valence-electron chi connectivity index (χ3n) is 3.57. The molecule has 2 fully saturated rings. The summed E-state index contributed by atoms with van der Waals surface area (Å²) < 4.78 is 11.4. The summed E-state index contributed by atoms with van der Waals surface area (Å²) in [6, 6.07) is 0. The van der Waals surface area contributed by atoms with Crippen molar-refractivity contribution in [2.45, 2.75) is 76.2 Å². The second kappa shape index (κ2) is 5.45. The van der Waals surface area contributed by atoms with Crippen molar-refractivity contribution in [1.82, 2.24) is 0 Å². The molecular weight excluding hydrogens is 208 g/mol. The quantitative estimate of drug-likeness (QED) is 0.748. The smallest absolute Gasteiger partial charge is 0.161 e. The predicted molar refractivity (Wildman–Crippen MR) is 58.9 cm³/mol. The molecule has 0 amide bonds. The van der Waals surface area contributed by atoms with Gasteiger partial charge in [0, 0.05) is 6.42 Å². The lowest BCUT2D eigenvalue weighted by Crippen LogP contribution is -2.48. The van der Waals surface area contributed by atoms with Gasteiger partial charge in [0.1, 0.15) is 6.10 Å². The highest BCUT2D eigenvalue weighted by atomic mass is 16.7. The van der Waals surface area contributed by atoms with Crippen LogP contribution < -0.4 is 0 Å². The van der Waals surface area contributed by atoms with Gasteiger partial charge in [0.05, 0.1) is 18.3 Å². The van der Waals surface area contributed by atoms with Crippen LogP contribution in [0.4, 0.5) is 0 Å². The van der Waals surface area contributed by atoms with Crippen LogP contribution in [0.1, 0.15) is 45.4 Å². The lowest BCUT2D eigenvalue weighted by molar-refractivity contribution is -0.261. The van der Waals surface area contributed by atoms with Crippen molar-refractivity contribution in [3.05, 3.63) is 0 Å². The summed E-state index contributed by atoms with van der Waals surface area (Å²) in [5, 5.41) is 19.2. The zero-order valence-corrected chi connectivity index (χ0v) is 9.84. The van der Waals surface area contributed by atoms with Gasteiger partial charge in [-0.05, 0) is 19.8 Å². The minimum absolute atomic E-state index is 0.272. The van der Waals surface area contributed by atoms with E-state index < -0.39 is 12.2 Å². The Balaban J connectivity index is 1.81. The van der Waals surface area contributed by atoms with Crippen LogP contribution in [0.5, 0.6) is 0 Å². The first-order valence-electron chi connectivity index (χ1n) is 6.34. The minimum atomic E-state index is -0.786. The lowest BCUT2D eigenvalue weighted by atomic mass is 9.97. The fourth-order valence-corrected chi connectivity index (χ4v) is 2.53. The van der Waals surface area contributed by atoms with Crippen molar-refractivity contribution in [2.75, 3.05) is 0 Å². The fraction of sp³-hybridized carbons (Fsp3) is 1.00. The third-order valence-corrected chi connectivity index (χ3v) is 3.57. The topological polar surface area (TPSA) is 58.9 Å². The average Bonchev–Trinajstić information content (AvgIpc) is 2.27. The number of aliphatic hydroxyl groups is 2. The Labute approximate surface area is 96.6 Å². The van der Waals surface area contributed by atoms with Crippen LogP contribution in [-0.2, 0) is 9.47 Å². The molecule has 0 spiro atoms. The first-order chi connectivity index (χ1) is 7.66. The molecule has 1 heterocycles. The van der Waals surface area contributed by atoms with E-state index in [9.17, 15) is 10.2 Å². The Hall–Kier alpha value is -0.160. The summed E-state index contributed by atoms with van der Waals surface area (Å²) in [7, 11) is 0. The molecule has 0 aromatic rings. The van der Waals surface area contributed by atoms with Crippen LogP contribution >= 0.6 is 0 Å². The zero-order chi connectivity index (χ0) is 11.5. The summed E-state index contributed by atoms with van der Waals surface area (Å²) >= 11 is 0. The fourth-order valence-electron chi connectivity index (χ4n) is 2.53. The third kappa shape index (κ3) is 2.94. The Morgan fingerprint density at radius 1 is 1.12 bits per heavy atom. The molecule has 1 aliphatic heterocycles. The van der Waals surface area contributed by atoms with Crippen molar-refractivity contribution in [3.63, 3.8) is 0 Å². The molecule has 1 saturated carbocycles.